The lowest BCUT2D eigenvalue weighted by atomic mass is 10.2. The molecule has 1 aliphatic rings. The average Bonchev–Trinajstić information content (AvgIpc) is 3.47. The number of rotatable bonds is 6. The Kier molecular flexibility index (Phi) is 6.16. The number of pyridine rings is 1. The predicted molar refractivity (Wildman–Crippen MR) is 123 cm³/mol. The van der Waals surface area contributed by atoms with Crippen molar-refractivity contribution in [2.24, 2.45) is 0 Å². The van der Waals surface area contributed by atoms with E-state index in [-0.39, 0.29) is 5.75 Å². The molecule has 1 aliphatic heterocycles. The summed E-state index contributed by atoms with van der Waals surface area (Å²) in [5.74, 6) is 0.657. The van der Waals surface area contributed by atoms with E-state index in [4.69, 9.17) is 9.84 Å². The molecule has 0 radical (unpaired) electrons. The van der Waals surface area contributed by atoms with Crippen LogP contribution in [0, 0.1) is 6.92 Å². The van der Waals surface area contributed by atoms with E-state index >= 15 is 0 Å². The quantitative estimate of drug-likeness (QED) is 0.408. The summed E-state index contributed by atoms with van der Waals surface area (Å²) in [5.41, 5.74) is 4.09. The van der Waals surface area contributed by atoms with Crippen LogP contribution in [0.1, 0.15) is 11.3 Å². The van der Waals surface area contributed by atoms with E-state index in [1.165, 1.54) is 24.3 Å². The van der Waals surface area contributed by atoms with Crippen molar-refractivity contribution in [1.29, 1.82) is 0 Å². The minimum atomic E-state index is -4.72. The molecule has 0 aliphatic carbocycles. The van der Waals surface area contributed by atoms with E-state index in [0.29, 0.717) is 36.8 Å². The number of hydrogen-bond donors (Lipinski definition) is 0. The number of ether oxygens (including phenoxy) is 2. The van der Waals surface area contributed by atoms with Crippen LogP contribution in [-0.2, 0) is 11.3 Å². The first-order valence-electron chi connectivity index (χ1n) is 11.1. The zero-order valence-electron chi connectivity index (χ0n) is 18.9. The van der Waals surface area contributed by atoms with Gasteiger partial charge in [-0.05, 0) is 55.0 Å². The van der Waals surface area contributed by atoms with Gasteiger partial charge in [-0.1, -0.05) is 0 Å². The van der Waals surface area contributed by atoms with Crippen molar-refractivity contribution in [3.63, 3.8) is 0 Å². The molecule has 1 aromatic carbocycles. The Hall–Kier alpha value is -3.86. The van der Waals surface area contributed by atoms with Crippen molar-refractivity contribution in [2.75, 3.05) is 31.2 Å². The molecule has 1 saturated heterocycles. The molecule has 11 heteroatoms. The van der Waals surface area contributed by atoms with Crippen LogP contribution in [0.5, 0.6) is 5.75 Å². The molecule has 0 atom stereocenters. The summed E-state index contributed by atoms with van der Waals surface area (Å²) < 4.78 is 50.1. The fourth-order valence-electron chi connectivity index (χ4n) is 3.91. The highest BCUT2D eigenvalue weighted by Gasteiger charge is 2.31. The van der Waals surface area contributed by atoms with Gasteiger partial charge in [-0.2, -0.15) is 5.10 Å². The predicted octanol–water partition coefficient (Wildman–Crippen LogP) is 4.22. The minimum Gasteiger partial charge on any atom is -0.406 e. The number of imidazole rings is 1. The van der Waals surface area contributed by atoms with Crippen LogP contribution in [-0.4, -0.2) is 57.0 Å². The second-order valence-corrected chi connectivity index (χ2v) is 8.16. The molecule has 0 spiro atoms. The third kappa shape index (κ3) is 5.46. The van der Waals surface area contributed by atoms with E-state index in [0.717, 1.165) is 30.2 Å². The molecule has 0 amide bonds. The third-order valence-corrected chi connectivity index (χ3v) is 5.67. The zero-order chi connectivity index (χ0) is 24.4. The molecule has 1 fully saturated rings. The molecule has 0 unspecified atom stereocenters. The summed E-state index contributed by atoms with van der Waals surface area (Å²) in [6.07, 6.45) is 0.475. The first-order chi connectivity index (χ1) is 16.8. The molecule has 0 saturated carbocycles. The summed E-state index contributed by atoms with van der Waals surface area (Å²) in [7, 11) is 0. The maximum atomic E-state index is 12.4. The lowest BCUT2D eigenvalue weighted by molar-refractivity contribution is -0.274. The Bertz CT molecular complexity index is 1290. The lowest BCUT2D eigenvalue weighted by Crippen LogP contribution is -2.36. The van der Waals surface area contributed by atoms with Crippen LogP contribution in [0.4, 0.5) is 19.0 Å². The maximum absolute atomic E-state index is 12.4. The molecule has 4 heterocycles. The van der Waals surface area contributed by atoms with Crippen molar-refractivity contribution in [2.45, 2.75) is 19.8 Å². The summed E-state index contributed by atoms with van der Waals surface area (Å²) in [4.78, 5) is 11.1. The SMILES string of the molecule is Cc1cc(-c2cn(-c3ccc(OC(F)(F)F)cc3)cn2)nn1Cc1ccnc(N2CCOCC2)c1. The molecule has 182 valence electrons. The highest BCUT2D eigenvalue weighted by atomic mass is 19.4. The van der Waals surface area contributed by atoms with Gasteiger partial charge in [0.1, 0.15) is 23.0 Å². The Morgan fingerprint density at radius 1 is 1.00 bits per heavy atom. The maximum Gasteiger partial charge on any atom is 0.573 e. The normalized spacial score (nSPS) is 14.3. The second kappa shape index (κ2) is 9.41. The molecule has 4 aromatic rings. The Morgan fingerprint density at radius 2 is 1.77 bits per heavy atom. The molecular formula is C24H23F3N6O2. The number of anilines is 1. The standard InChI is InChI=1S/C24H23F3N6O2/c1-17-12-21(22-15-32(16-29-22)19-2-4-20(5-3-19)35-24(25,26)27)30-33(17)14-18-6-7-28-23(13-18)31-8-10-34-11-9-31/h2-7,12-13,15-16H,8-11,14H2,1H3. The van der Waals surface area contributed by atoms with Gasteiger partial charge in [0.15, 0.2) is 0 Å². The fraction of sp³-hybridized carbons (Fsp3) is 0.292. The van der Waals surface area contributed by atoms with E-state index in [1.54, 1.807) is 17.1 Å². The number of aromatic nitrogens is 5. The number of aryl methyl sites for hydroxylation is 1. The van der Waals surface area contributed by atoms with Crippen molar-refractivity contribution in [1.82, 2.24) is 24.3 Å². The van der Waals surface area contributed by atoms with Gasteiger partial charge < -0.3 is 18.9 Å². The highest BCUT2D eigenvalue weighted by Crippen LogP contribution is 2.25. The number of nitrogens with zero attached hydrogens (tertiary/aromatic N) is 6. The molecule has 8 nitrogen and oxygen atoms in total. The molecule has 3 aromatic heterocycles. The molecule has 0 bridgehead atoms. The van der Waals surface area contributed by atoms with E-state index in [1.807, 2.05) is 29.9 Å². The molecule has 0 N–H and O–H groups in total. The van der Waals surface area contributed by atoms with Gasteiger partial charge in [0.2, 0.25) is 0 Å². The van der Waals surface area contributed by atoms with Crippen molar-refractivity contribution < 1.29 is 22.6 Å². The molecule has 5 rings (SSSR count). The smallest absolute Gasteiger partial charge is 0.406 e. The number of alkyl halides is 3. The van der Waals surface area contributed by atoms with Crippen molar-refractivity contribution >= 4 is 5.82 Å². The lowest BCUT2D eigenvalue weighted by Gasteiger charge is -2.28. The summed E-state index contributed by atoms with van der Waals surface area (Å²) in [5, 5.41) is 4.72. The Labute approximate surface area is 199 Å². The second-order valence-electron chi connectivity index (χ2n) is 8.16. The number of morpholine rings is 1. The Balaban J connectivity index is 1.30. The summed E-state index contributed by atoms with van der Waals surface area (Å²) >= 11 is 0. The third-order valence-electron chi connectivity index (χ3n) is 5.67. The minimum absolute atomic E-state index is 0.274. The first-order valence-corrected chi connectivity index (χ1v) is 11.1. The van der Waals surface area contributed by atoms with E-state index in [9.17, 15) is 13.2 Å². The van der Waals surface area contributed by atoms with Gasteiger partial charge in [0.05, 0.1) is 26.1 Å². The zero-order valence-corrected chi connectivity index (χ0v) is 18.9. The van der Waals surface area contributed by atoms with Crippen LogP contribution < -0.4 is 9.64 Å². The fourth-order valence-corrected chi connectivity index (χ4v) is 3.91. The van der Waals surface area contributed by atoms with Gasteiger partial charge in [-0.3, -0.25) is 4.68 Å². The topological polar surface area (TPSA) is 70.2 Å². The number of halogens is 3. The van der Waals surface area contributed by atoms with Crippen LogP contribution in [0.15, 0.2) is 61.2 Å². The van der Waals surface area contributed by atoms with Gasteiger partial charge in [-0.25, -0.2) is 9.97 Å². The van der Waals surface area contributed by atoms with Crippen molar-refractivity contribution in [3.8, 4) is 22.8 Å². The first kappa shape index (κ1) is 22.9. The molecule has 35 heavy (non-hydrogen) atoms. The van der Waals surface area contributed by atoms with Gasteiger partial charge >= 0.3 is 6.36 Å². The Morgan fingerprint density at radius 3 is 2.51 bits per heavy atom. The van der Waals surface area contributed by atoms with Crippen LogP contribution in [0.3, 0.4) is 0 Å². The van der Waals surface area contributed by atoms with E-state index in [2.05, 4.69) is 25.7 Å². The average molecular weight is 484 g/mol. The number of hydrogen-bond acceptors (Lipinski definition) is 6. The van der Waals surface area contributed by atoms with Crippen LogP contribution in [0.2, 0.25) is 0 Å². The monoisotopic (exact) mass is 484 g/mol. The van der Waals surface area contributed by atoms with E-state index < -0.39 is 6.36 Å². The number of benzene rings is 1. The highest BCUT2D eigenvalue weighted by molar-refractivity contribution is 5.55. The van der Waals surface area contributed by atoms with Crippen LogP contribution in [0.25, 0.3) is 17.1 Å². The molecular weight excluding hydrogens is 461 g/mol. The largest absolute Gasteiger partial charge is 0.573 e. The summed E-state index contributed by atoms with van der Waals surface area (Å²) in [6, 6.07) is 11.6. The van der Waals surface area contributed by atoms with Gasteiger partial charge in [0, 0.05) is 36.9 Å². The van der Waals surface area contributed by atoms with Crippen LogP contribution >= 0.6 is 0 Å². The van der Waals surface area contributed by atoms with Gasteiger partial charge in [-0.15, -0.1) is 13.2 Å². The van der Waals surface area contributed by atoms with Crippen molar-refractivity contribution in [3.05, 3.63) is 72.4 Å². The summed E-state index contributed by atoms with van der Waals surface area (Å²) in [6.45, 7) is 5.62. The van der Waals surface area contributed by atoms with Gasteiger partial charge in [0.25, 0.3) is 0 Å².